The molecule has 17 heavy (non-hydrogen) atoms. The lowest BCUT2D eigenvalue weighted by Gasteiger charge is -2.06. The minimum absolute atomic E-state index is 0.603. The van der Waals surface area contributed by atoms with Gasteiger partial charge in [-0.2, -0.15) is 0 Å². The Labute approximate surface area is 105 Å². The summed E-state index contributed by atoms with van der Waals surface area (Å²) in [6, 6.07) is 9.15. The molecule has 0 atom stereocenters. The van der Waals surface area contributed by atoms with Gasteiger partial charge in [0.15, 0.2) is 0 Å². The Kier molecular flexibility index (Phi) is 3.96. The van der Waals surface area contributed by atoms with Crippen molar-refractivity contribution in [2.75, 3.05) is 6.54 Å². The van der Waals surface area contributed by atoms with Crippen LogP contribution in [0.5, 0.6) is 11.5 Å². The number of ether oxygens (including phenoxy) is 1. The Morgan fingerprint density at radius 1 is 1.12 bits per heavy atom. The van der Waals surface area contributed by atoms with Crippen molar-refractivity contribution in [3.8, 4) is 11.5 Å². The van der Waals surface area contributed by atoms with Crippen LogP contribution >= 0.6 is 11.6 Å². The predicted octanol–water partition coefficient (Wildman–Crippen LogP) is 3.03. The normalized spacial score (nSPS) is 10.2. The average Bonchev–Trinajstić information content (AvgIpc) is 2.33. The maximum Gasteiger partial charge on any atom is 0.145 e. The second kappa shape index (κ2) is 5.66. The SMILES string of the molecule is NCCc1cncc(Oc2ccc(Cl)cc2)c1. The van der Waals surface area contributed by atoms with Crippen molar-refractivity contribution in [3.05, 3.63) is 53.3 Å². The predicted molar refractivity (Wildman–Crippen MR) is 68.5 cm³/mol. The molecule has 0 fully saturated rings. The minimum atomic E-state index is 0.603. The van der Waals surface area contributed by atoms with E-state index in [1.165, 1.54) is 0 Å². The van der Waals surface area contributed by atoms with Crippen molar-refractivity contribution in [3.63, 3.8) is 0 Å². The molecule has 2 aromatic rings. The van der Waals surface area contributed by atoms with E-state index in [2.05, 4.69) is 4.98 Å². The molecule has 0 aliphatic rings. The standard InChI is InChI=1S/C13H13ClN2O/c14-11-1-3-12(4-2-11)17-13-7-10(5-6-15)8-16-9-13/h1-4,7-9H,5-6,15H2. The molecule has 0 aliphatic carbocycles. The van der Waals surface area contributed by atoms with E-state index in [1.54, 1.807) is 24.5 Å². The van der Waals surface area contributed by atoms with Crippen LogP contribution < -0.4 is 10.5 Å². The van der Waals surface area contributed by atoms with E-state index in [1.807, 2.05) is 18.2 Å². The molecule has 0 saturated carbocycles. The highest BCUT2D eigenvalue weighted by atomic mass is 35.5. The van der Waals surface area contributed by atoms with Gasteiger partial charge in [-0.05, 0) is 48.9 Å². The summed E-state index contributed by atoms with van der Waals surface area (Å²) in [7, 11) is 0. The van der Waals surface area contributed by atoms with Gasteiger partial charge in [0.25, 0.3) is 0 Å². The fourth-order valence-electron chi connectivity index (χ4n) is 1.46. The summed E-state index contributed by atoms with van der Waals surface area (Å²) in [5.41, 5.74) is 6.57. The Balaban J connectivity index is 2.12. The average molecular weight is 249 g/mol. The summed E-state index contributed by atoms with van der Waals surface area (Å²) in [4.78, 5) is 4.11. The van der Waals surface area contributed by atoms with E-state index < -0.39 is 0 Å². The molecule has 88 valence electrons. The van der Waals surface area contributed by atoms with Crippen LogP contribution in [0.2, 0.25) is 5.02 Å². The molecule has 4 heteroatoms. The van der Waals surface area contributed by atoms with Gasteiger partial charge in [0.05, 0.1) is 6.20 Å². The molecule has 3 nitrogen and oxygen atoms in total. The number of aromatic nitrogens is 1. The van der Waals surface area contributed by atoms with Crippen LogP contribution in [-0.4, -0.2) is 11.5 Å². The molecular formula is C13H13ClN2O. The number of nitrogens with zero attached hydrogens (tertiary/aromatic N) is 1. The van der Waals surface area contributed by atoms with E-state index in [0.29, 0.717) is 17.3 Å². The molecule has 1 heterocycles. The van der Waals surface area contributed by atoms with Gasteiger partial charge >= 0.3 is 0 Å². The lowest BCUT2D eigenvalue weighted by Crippen LogP contribution is -2.03. The molecule has 0 spiro atoms. The van der Waals surface area contributed by atoms with Gasteiger partial charge in [0.2, 0.25) is 0 Å². The number of rotatable bonds is 4. The molecule has 2 rings (SSSR count). The second-order valence-electron chi connectivity index (χ2n) is 3.62. The van der Waals surface area contributed by atoms with Gasteiger partial charge < -0.3 is 10.5 Å². The number of benzene rings is 1. The zero-order chi connectivity index (χ0) is 12.1. The maximum absolute atomic E-state index is 5.80. The molecule has 2 N–H and O–H groups in total. The first-order valence-electron chi connectivity index (χ1n) is 5.35. The zero-order valence-electron chi connectivity index (χ0n) is 9.27. The first-order valence-corrected chi connectivity index (χ1v) is 5.73. The van der Waals surface area contributed by atoms with Crippen LogP contribution in [0, 0.1) is 0 Å². The molecule has 0 unspecified atom stereocenters. The quantitative estimate of drug-likeness (QED) is 0.905. The van der Waals surface area contributed by atoms with Crippen molar-refractivity contribution < 1.29 is 4.74 Å². The summed E-state index contributed by atoms with van der Waals surface area (Å²) < 4.78 is 5.66. The minimum Gasteiger partial charge on any atom is -0.456 e. The monoisotopic (exact) mass is 248 g/mol. The van der Waals surface area contributed by atoms with Crippen LogP contribution in [0.15, 0.2) is 42.7 Å². The number of hydrogen-bond donors (Lipinski definition) is 1. The number of hydrogen-bond acceptors (Lipinski definition) is 3. The van der Waals surface area contributed by atoms with Crippen LogP contribution in [0.25, 0.3) is 0 Å². The number of nitrogens with two attached hydrogens (primary N) is 1. The van der Waals surface area contributed by atoms with E-state index in [-0.39, 0.29) is 0 Å². The van der Waals surface area contributed by atoms with Crippen molar-refractivity contribution in [1.29, 1.82) is 0 Å². The third-order valence-corrected chi connectivity index (χ3v) is 2.50. The third kappa shape index (κ3) is 3.44. The van der Waals surface area contributed by atoms with Gasteiger partial charge in [-0.1, -0.05) is 11.6 Å². The lowest BCUT2D eigenvalue weighted by atomic mass is 10.2. The summed E-state index contributed by atoms with van der Waals surface area (Å²) in [6.45, 7) is 0.603. The van der Waals surface area contributed by atoms with E-state index in [4.69, 9.17) is 22.1 Å². The Hall–Kier alpha value is -1.58. The van der Waals surface area contributed by atoms with Gasteiger partial charge in [-0.3, -0.25) is 4.98 Å². The first kappa shape index (κ1) is 11.9. The topological polar surface area (TPSA) is 48.1 Å². The molecule has 0 radical (unpaired) electrons. The largest absolute Gasteiger partial charge is 0.456 e. The highest BCUT2D eigenvalue weighted by molar-refractivity contribution is 6.30. The van der Waals surface area contributed by atoms with E-state index in [9.17, 15) is 0 Å². The summed E-state index contributed by atoms with van der Waals surface area (Å²) in [6.07, 6.45) is 4.26. The van der Waals surface area contributed by atoms with Gasteiger partial charge in [-0.15, -0.1) is 0 Å². The molecular weight excluding hydrogens is 236 g/mol. The third-order valence-electron chi connectivity index (χ3n) is 2.25. The van der Waals surface area contributed by atoms with Crippen LogP contribution in [0.1, 0.15) is 5.56 Å². The Morgan fingerprint density at radius 3 is 2.59 bits per heavy atom. The molecule has 0 bridgehead atoms. The van der Waals surface area contributed by atoms with Crippen LogP contribution in [-0.2, 0) is 6.42 Å². The smallest absolute Gasteiger partial charge is 0.145 e. The van der Waals surface area contributed by atoms with Gasteiger partial charge in [-0.25, -0.2) is 0 Å². The summed E-state index contributed by atoms with van der Waals surface area (Å²) >= 11 is 5.80. The highest BCUT2D eigenvalue weighted by Gasteiger charge is 1.99. The first-order chi connectivity index (χ1) is 8.28. The Morgan fingerprint density at radius 2 is 1.88 bits per heavy atom. The summed E-state index contributed by atoms with van der Waals surface area (Å²) in [5.74, 6) is 1.44. The van der Waals surface area contributed by atoms with Crippen molar-refractivity contribution in [1.82, 2.24) is 4.98 Å². The lowest BCUT2D eigenvalue weighted by molar-refractivity contribution is 0.479. The fraction of sp³-hybridized carbons (Fsp3) is 0.154. The van der Waals surface area contributed by atoms with E-state index in [0.717, 1.165) is 17.7 Å². The summed E-state index contributed by atoms with van der Waals surface area (Å²) in [5, 5.41) is 0.687. The zero-order valence-corrected chi connectivity index (χ0v) is 10.0. The second-order valence-corrected chi connectivity index (χ2v) is 4.06. The van der Waals surface area contributed by atoms with Crippen LogP contribution in [0.3, 0.4) is 0 Å². The number of pyridine rings is 1. The van der Waals surface area contributed by atoms with Gasteiger partial charge in [0.1, 0.15) is 11.5 Å². The van der Waals surface area contributed by atoms with Gasteiger partial charge in [0, 0.05) is 11.2 Å². The van der Waals surface area contributed by atoms with Crippen molar-refractivity contribution in [2.24, 2.45) is 5.73 Å². The molecule has 1 aromatic carbocycles. The highest BCUT2D eigenvalue weighted by Crippen LogP contribution is 2.22. The number of halogens is 1. The molecule has 0 aliphatic heterocycles. The molecule has 0 saturated heterocycles. The Bertz CT molecular complexity index is 485. The van der Waals surface area contributed by atoms with Crippen molar-refractivity contribution in [2.45, 2.75) is 6.42 Å². The molecule has 1 aromatic heterocycles. The maximum atomic E-state index is 5.80. The molecule has 0 amide bonds. The van der Waals surface area contributed by atoms with Crippen LogP contribution in [0.4, 0.5) is 0 Å². The van der Waals surface area contributed by atoms with Crippen molar-refractivity contribution >= 4 is 11.6 Å². The fourth-order valence-corrected chi connectivity index (χ4v) is 1.59. The van der Waals surface area contributed by atoms with E-state index >= 15 is 0 Å².